The van der Waals surface area contributed by atoms with Gasteiger partial charge in [0.1, 0.15) is 5.70 Å². The minimum atomic E-state index is -0.448. The molecule has 0 aromatic carbocycles. The lowest BCUT2D eigenvalue weighted by Crippen LogP contribution is -2.51. The van der Waals surface area contributed by atoms with Crippen molar-refractivity contribution < 1.29 is 14.4 Å². The second-order valence-corrected chi connectivity index (χ2v) is 7.83. The van der Waals surface area contributed by atoms with Gasteiger partial charge in [-0.25, -0.2) is 14.8 Å². The molecular weight excluding hydrogens is 386 g/mol. The van der Waals surface area contributed by atoms with Crippen molar-refractivity contribution in [3.8, 4) is 0 Å². The van der Waals surface area contributed by atoms with Crippen LogP contribution in [-0.4, -0.2) is 95.4 Å². The average molecular weight is 413 g/mol. The highest BCUT2D eigenvalue weighted by atomic mass is 16.2. The minimum absolute atomic E-state index is 0.224. The fraction of sp³-hybridized carbons (Fsp3) is 0.550. The molecule has 0 unspecified atom stereocenters. The van der Waals surface area contributed by atoms with Gasteiger partial charge in [-0.15, -0.1) is 0 Å². The van der Waals surface area contributed by atoms with Crippen LogP contribution in [0, 0.1) is 0 Å². The Balaban J connectivity index is 1.35. The van der Waals surface area contributed by atoms with Gasteiger partial charge in [0.05, 0.1) is 12.2 Å². The molecule has 160 valence electrons. The largest absolute Gasteiger partial charge is 0.342 e. The standard InChI is InChI=1S/C20H27N7O3/c1-24-16(18(29)23-20(24)30)13-15-5-6-21-19(22-15)27-11-9-25(10-12-27)14-17(28)26-7-3-2-4-8-26/h5-6,13H,2-4,7-12,14H2,1H3,(H,23,29,30)/b16-13-. The molecule has 0 bridgehead atoms. The normalized spacial score (nSPS) is 22.0. The highest BCUT2D eigenvalue weighted by Crippen LogP contribution is 2.17. The molecule has 3 saturated heterocycles. The molecule has 3 aliphatic heterocycles. The van der Waals surface area contributed by atoms with Crippen LogP contribution in [0.25, 0.3) is 6.08 Å². The Morgan fingerprint density at radius 3 is 2.50 bits per heavy atom. The second kappa shape index (κ2) is 8.78. The third kappa shape index (κ3) is 4.43. The van der Waals surface area contributed by atoms with Gasteiger partial charge in [-0.3, -0.25) is 24.7 Å². The van der Waals surface area contributed by atoms with Crippen LogP contribution in [0.1, 0.15) is 25.0 Å². The van der Waals surface area contributed by atoms with Gasteiger partial charge in [0.2, 0.25) is 11.9 Å². The van der Waals surface area contributed by atoms with Crippen molar-refractivity contribution in [2.75, 3.05) is 57.8 Å². The molecule has 3 aliphatic rings. The molecule has 1 N–H and O–H groups in total. The van der Waals surface area contributed by atoms with Crippen LogP contribution in [0.2, 0.25) is 0 Å². The number of aromatic nitrogens is 2. The molecule has 4 rings (SSSR count). The molecule has 0 atom stereocenters. The van der Waals surface area contributed by atoms with Gasteiger partial charge >= 0.3 is 6.03 Å². The number of rotatable bonds is 4. The van der Waals surface area contributed by atoms with Crippen LogP contribution in [0.3, 0.4) is 0 Å². The zero-order valence-electron chi connectivity index (χ0n) is 17.2. The topological polar surface area (TPSA) is 102 Å². The summed E-state index contributed by atoms with van der Waals surface area (Å²) in [5.41, 5.74) is 0.820. The zero-order valence-corrected chi connectivity index (χ0v) is 17.2. The molecule has 0 radical (unpaired) electrons. The quantitative estimate of drug-likeness (QED) is 0.553. The fourth-order valence-corrected chi connectivity index (χ4v) is 3.94. The summed E-state index contributed by atoms with van der Waals surface area (Å²) in [5.74, 6) is 0.370. The van der Waals surface area contributed by atoms with E-state index in [1.165, 1.54) is 11.3 Å². The summed E-state index contributed by atoms with van der Waals surface area (Å²) < 4.78 is 0. The number of piperidine rings is 1. The lowest BCUT2D eigenvalue weighted by atomic mass is 10.1. The monoisotopic (exact) mass is 413 g/mol. The summed E-state index contributed by atoms with van der Waals surface area (Å²) >= 11 is 0. The first-order valence-corrected chi connectivity index (χ1v) is 10.4. The Morgan fingerprint density at radius 2 is 1.83 bits per heavy atom. The van der Waals surface area contributed by atoms with Crippen molar-refractivity contribution >= 4 is 29.9 Å². The van der Waals surface area contributed by atoms with Crippen molar-refractivity contribution in [1.29, 1.82) is 0 Å². The number of carbonyl (C=O) groups excluding carboxylic acids is 3. The van der Waals surface area contributed by atoms with Gasteiger partial charge in [-0.05, 0) is 31.4 Å². The fourth-order valence-electron chi connectivity index (χ4n) is 3.94. The SMILES string of the molecule is CN1C(=O)NC(=O)/C1=C/c1ccnc(N2CCN(CC(=O)N3CCCCC3)CC2)n1. The summed E-state index contributed by atoms with van der Waals surface area (Å²) in [4.78, 5) is 52.4. The Morgan fingerprint density at radius 1 is 1.10 bits per heavy atom. The first-order valence-electron chi connectivity index (χ1n) is 10.4. The smallest absolute Gasteiger partial charge is 0.328 e. The van der Waals surface area contributed by atoms with E-state index in [1.54, 1.807) is 25.4 Å². The Kier molecular flexibility index (Phi) is 5.93. The predicted molar refractivity (Wildman–Crippen MR) is 110 cm³/mol. The van der Waals surface area contributed by atoms with Crippen molar-refractivity contribution in [3.63, 3.8) is 0 Å². The van der Waals surface area contributed by atoms with E-state index in [-0.39, 0.29) is 11.6 Å². The maximum atomic E-state index is 12.5. The summed E-state index contributed by atoms with van der Waals surface area (Å²) in [6.07, 6.45) is 6.66. The van der Waals surface area contributed by atoms with Gasteiger partial charge in [0.25, 0.3) is 5.91 Å². The number of carbonyl (C=O) groups is 3. The predicted octanol–water partition coefficient (Wildman–Crippen LogP) is 0.134. The number of amides is 4. The molecule has 10 nitrogen and oxygen atoms in total. The molecule has 1 aromatic heterocycles. The molecule has 0 spiro atoms. The lowest BCUT2D eigenvalue weighted by molar-refractivity contribution is -0.133. The molecule has 10 heteroatoms. The number of likely N-dealkylation sites (N-methyl/N-ethyl adjacent to an activating group) is 1. The number of imide groups is 1. The Hall–Kier alpha value is -3.01. The molecule has 30 heavy (non-hydrogen) atoms. The molecule has 4 heterocycles. The maximum absolute atomic E-state index is 12.5. The summed E-state index contributed by atoms with van der Waals surface area (Å²) in [6.45, 7) is 5.23. The molecule has 0 aliphatic carbocycles. The van der Waals surface area contributed by atoms with Crippen molar-refractivity contribution in [2.45, 2.75) is 19.3 Å². The maximum Gasteiger partial charge on any atom is 0.328 e. The number of urea groups is 1. The zero-order chi connectivity index (χ0) is 21.1. The number of anilines is 1. The second-order valence-electron chi connectivity index (χ2n) is 7.83. The van der Waals surface area contributed by atoms with Crippen LogP contribution < -0.4 is 10.2 Å². The summed E-state index contributed by atoms with van der Waals surface area (Å²) in [6, 6.07) is 1.25. The molecule has 1 aromatic rings. The van der Waals surface area contributed by atoms with Gasteiger partial charge in [0.15, 0.2) is 0 Å². The van der Waals surface area contributed by atoms with Gasteiger partial charge in [-0.1, -0.05) is 0 Å². The van der Waals surface area contributed by atoms with Crippen molar-refractivity contribution in [1.82, 2.24) is 30.0 Å². The molecule has 4 amide bonds. The third-order valence-electron chi connectivity index (χ3n) is 5.79. The van der Waals surface area contributed by atoms with Gasteiger partial charge in [0, 0.05) is 52.5 Å². The highest BCUT2D eigenvalue weighted by Gasteiger charge is 2.30. The summed E-state index contributed by atoms with van der Waals surface area (Å²) in [5, 5.41) is 2.25. The number of hydrogen-bond acceptors (Lipinski definition) is 7. The third-order valence-corrected chi connectivity index (χ3v) is 5.79. The average Bonchev–Trinajstić information content (AvgIpc) is 3.01. The Labute approximate surface area is 175 Å². The number of hydrogen-bond donors (Lipinski definition) is 1. The first kappa shape index (κ1) is 20.3. The van der Waals surface area contributed by atoms with E-state index in [4.69, 9.17) is 0 Å². The van der Waals surface area contributed by atoms with Crippen LogP contribution in [0.15, 0.2) is 18.0 Å². The Bertz CT molecular complexity index is 858. The van der Waals surface area contributed by atoms with E-state index in [2.05, 4.69) is 25.1 Å². The van der Waals surface area contributed by atoms with Crippen molar-refractivity contribution in [3.05, 3.63) is 23.7 Å². The van der Waals surface area contributed by atoms with Crippen LogP contribution in [0.4, 0.5) is 10.7 Å². The van der Waals surface area contributed by atoms with Crippen LogP contribution in [-0.2, 0) is 9.59 Å². The lowest BCUT2D eigenvalue weighted by Gasteiger charge is -2.36. The van der Waals surface area contributed by atoms with Crippen molar-refractivity contribution in [2.24, 2.45) is 0 Å². The number of nitrogens with one attached hydrogen (secondary N) is 1. The van der Waals surface area contributed by atoms with Gasteiger partial charge in [-0.2, -0.15) is 0 Å². The number of nitrogens with zero attached hydrogens (tertiary/aromatic N) is 6. The van der Waals surface area contributed by atoms with Crippen LogP contribution >= 0.6 is 0 Å². The van der Waals surface area contributed by atoms with Gasteiger partial charge < -0.3 is 9.80 Å². The minimum Gasteiger partial charge on any atom is -0.342 e. The van der Waals surface area contributed by atoms with E-state index in [1.807, 2.05) is 4.90 Å². The molecular formula is C20H27N7O3. The van der Waals surface area contributed by atoms with E-state index in [0.29, 0.717) is 18.2 Å². The van der Waals surface area contributed by atoms with E-state index in [0.717, 1.165) is 52.1 Å². The van der Waals surface area contributed by atoms with E-state index < -0.39 is 11.9 Å². The van der Waals surface area contributed by atoms with E-state index >= 15 is 0 Å². The number of likely N-dealkylation sites (tertiary alicyclic amines) is 1. The first-order chi connectivity index (χ1) is 14.5. The highest BCUT2D eigenvalue weighted by molar-refractivity contribution is 6.13. The summed E-state index contributed by atoms with van der Waals surface area (Å²) in [7, 11) is 1.54. The van der Waals surface area contributed by atoms with Crippen LogP contribution in [0.5, 0.6) is 0 Å². The molecule has 0 saturated carbocycles. The molecule has 3 fully saturated rings. The number of piperazine rings is 1. The van der Waals surface area contributed by atoms with E-state index in [9.17, 15) is 14.4 Å².